The van der Waals surface area contributed by atoms with Gasteiger partial charge in [-0.2, -0.15) is 0 Å². The Morgan fingerprint density at radius 2 is 2.33 bits per heavy atom. The predicted octanol–water partition coefficient (Wildman–Crippen LogP) is 2.12. The Kier molecular flexibility index (Phi) is 4.60. The summed E-state index contributed by atoms with van der Waals surface area (Å²) < 4.78 is 5.09. The van der Waals surface area contributed by atoms with Crippen molar-refractivity contribution < 1.29 is 14.6 Å². The summed E-state index contributed by atoms with van der Waals surface area (Å²) in [5.41, 5.74) is 1.64. The largest absolute Gasteiger partial charge is 0.389 e. The number of ether oxygens (including phenoxy) is 1. The van der Waals surface area contributed by atoms with Crippen LogP contribution in [0.4, 0.5) is 0 Å². The summed E-state index contributed by atoms with van der Waals surface area (Å²) in [7, 11) is 1.64. The molecule has 0 spiro atoms. The number of likely N-dealkylation sites (tertiary alicyclic amines) is 1. The van der Waals surface area contributed by atoms with Gasteiger partial charge in [0.15, 0.2) is 0 Å². The monoisotopic (exact) mass is 331 g/mol. The van der Waals surface area contributed by atoms with Gasteiger partial charge in [-0.3, -0.25) is 4.79 Å². The molecule has 0 saturated carbocycles. The van der Waals surface area contributed by atoms with Gasteiger partial charge < -0.3 is 19.7 Å². The van der Waals surface area contributed by atoms with E-state index < -0.39 is 5.60 Å². The van der Waals surface area contributed by atoms with Gasteiger partial charge in [0.2, 0.25) is 0 Å². The fraction of sp³-hybridized carbons (Fsp3) is 0.556. The number of aromatic amines is 1. The fourth-order valence-corrected chi connectivity index (χ4v) is 3.45. The van der Waals surface area contributed by atoms with E-state index in [0.717, 1.165) is 16.9 Å². The molecule has 1 fully saturated rings. The summed E-state index contributed by atoms with van der Waals surface area (Å²) in [4.78, 5) is 22.2. The summed E-state index contributed by atoms with van der Waals surface area (Å²) in [6.07, 6.45) is 1.18. The van der Waals surface area contributed by atoms with E-state index >= 15 is 0 Å². The van der Waals surface area contributed by atoms with Gasteiger partial charge in [-0.1, -0.05) is 6.92 Å². The zero-order valence-corrected chi connectivity index (χ0v) is 14.5. The van der Waals surface area contributed by atoms with Crippen molar-refractivity contribution in [2.45, 2.75) is 32.3 Å². The molecule has 1 aliphatic heterocycles. The molecule has 24 heavy (non-hydrogen) atoms. The molecule has 1 saturated heterocycles. The highest BCUT2D eigenvalue weighted by molar-refractivity contribution is 5.97. The van der Waals surface area contributed by atoms with Crippen molar-refractivity contribution in [2.75, 3.05) is 26.8 Å². The number of fused-ring (bicyclic) bond motifs is 1. The summed E-state index contributed by atoms with van der Waals surface area (Å²) >= 11 is 0. The number of amides is 1. The highest BCUT2D eigenvalue weighted by atomic mass is 16.5. The molecule has 2 atom stereocenters. The quantitative estimate of drug-likeness (QED) is 0.899. The van der Waals surface area contributed by atoms with Crippen molar-refractivity contribution in [3.63, 3.8) is 0 Å². The summed E-state index contributed by atoms with van der Waals surface area (Å²) in [6.45, 7) is 5.54. The summed E-state index contributed by atoms with van der Waals surface area (Å²) in [5.74, 6) is 0.859. The van der Waals surface area contributed by atoms with Crippen LogP contribution in [0.2, 0.25) is 0 Å². The first-order valence-corrected chi connectivity index (χ1v) is 8.40. The number of nitrogens with one attached hydrogen (secondary N) is 1. The number of piperidine rings is 1. The van der Waals surface area contributed by atoms with E-state index in [-0.39, 0.29) is 11.8 Å². The van der Waals surface area contributed by atoms with E-state index in [2.05, 4.69) is 9.97 Å². The first kappa shape index (κ1) is 16.9. The third-order valence-electron chi connectivity index (χ3n) is 5.10. The lowest BCUT2D eigenvalue weighted by Gasteiger charge is -2.43. The Morgan fingerprint density at radius 3 is 3.04 bits per heavy atom. The van der Waals surface area contributed by atoms with Crippen molar-refractivity contribution >= 4 is 16.9 Å². The van der Waals surface area contributed by atoms with Crippen molar-refractivity contribution in [3.05, 3.63) is 29.6 Å². The topological polar surface area (TPSA) is 78.5 Å². The molecule has 2 heterocycles. The molecule has 1 aromatic heterocycles. The van der Waals surface area contributed by atoms with Gasteiger partial charge in [0.1, 0.15) is 5.82 Å². The van der Waals surface area contributed by atoms with Crippen LogP contribution in [-0.2, 0) is 4.74 Å². The second kappa shape index (κ2) is 6.53. The Balaban J connectivity index is 1.73. The average molecular weight is 331 g/mol. The number of carbonyl (C=O) groups excluding carboxylic acids is 1. The zero-order chi connectivity index (χ0) is 17.3. The molecule has 2 N–H and O–H groups in total. The van der Waals surface area contributed by atoms with Gasteiger partial charge in [0.05, 0.1) is 16.6 Å². The van der Waals surface area contributed by atoms with Crippen molar-refractivity contribution in [1.29, 1.82) is 0 Å². The Labute approximate surface area is 141 Å². The van der Waals surface area contributed by atoms with E-state index in [1.54, 1.807) is 7.11 Å². The number of benzene rings is 1. The standard InChI is InChI=1S/C18H25N3O3/c1-12-11-21(8-6-18(12,23)7-9-24-3)17(22)14-4-5-15-16(10-14)20-13(2)19-15/h4-5,10,12,23H,6-9,11H2,1-3H3,(H,19,20)/t12-,18-/m1/s1. The van der Waals surface area contributed by atoms with Crippen LogP contribution >= 0.6 is 0 Å². The molecule has 0 unspecified atom stereocenters. The predicted molar refractivity (Wildman–Crippen MR) is 92.0 cm³/mol. The van der Waals surface area contributed by atoms with Crippen LogP contribution in [0.3, 0.4) is 0 Å². The molecule has 0 aliphatic carbocycles. The minimum absolute atomic E-state index is 0.00444. The lowest BCUT2D eigenvalue weighted by molar-refractivity contribution is -0.0750. The maximum Gasteiger partial charge on any atom is 0.253 e. The molecule has 2 aromatic rings. The number of aromatic nitrogens is 2. The number of aryl methyl sites for hydroxylation is 1. The molecule has 6 nitrogen and oxygen atoms in total. The molecular formula is C18H25N3O3. The number of hydrogen-bond acceptors (Lipinski definition) is 4. The van der Waals surface area contributed by atoms with Gasteiger partial charge in [0.25, 0.3) is 5.91 Å². The highest BCUT2D eigenvalue weighted by Crippen LogP contribution is 2.31. The van der Waals surface area contributed by atoms with Crippen molar-refractivity contribution in [2.24, 2.45) is 5.92 Å². The molecule has 3 rings (SSSR count). The highest BCUT2D eigenvalue weighted by Gasteiger charge is 2.39. The molecule has 1 amide bonds. The smallest absolute Gasteiger partial charge is 0.253 e. The average Bonchev–Trinajstić information content (AvgIpc) is 2.94. The Hall–Kier alpha value is -1.92. The number of imidazole rings is 1. The van der Waals surface area contributed by atoms with Crippen molar-refractivity contribution in [3.8, 4) is 0 Å². The number of carbonyl (C=O) groups is 1. The zero-order valence-electron chi connectivity index (χ0n) is 14.5. The number of hydrogen-bond donors (Lipinski definition) is 2. The van der Waals surface area contributed by atoms with Crippen LogP contribution in [0.15, 0.2) is 18.2 Å². The van der Waals surface area contributed by atoms with Gasteiger partial charge in [-0.25, -0.2) is 4.98 Å². The molecule has 130 valence electrons. The van der Waals surface area contributed by atoms with Crippen molar-refractivity contribution in [1.82, 2.24) is 14.9 Å². The van der Waals surface area contributed by atoms with Gasteiger partial charge >= 0.3 is 0 Å². The van der Waals surface area contributed by atoms with Crippen LogP contribution in [0, 0.1) is 12.8 Å². The minimum atomic E-state index is -0.753. The van der Waals surface area contributed by atoms with E-state index in [4.69, 9.17) is 4.74 Å². The van der Waals surface area contributed by atoms with Gasteiger partial charge in [-0.05, 0) is 38.0 Å². The second-order valence-electron chi connectivity index (χ2n) is 6.80. The Bertz CT molecular complexity index is 742. The van der Waals surface area contributed by atoms with E-state index in [9.17, 15) is 9.90 Å². The normalized spacial score (nSPS) is 24.5. The molecule has 0 bridgehead atoms. The molecule has 0 radical (unpaired) electrons. The van der Waals surface area contributed by atoms with E-state index in [1.165, 1.54) is 0 Å². The first-order valence-electron chi connectivity index (χ1n) is 8.40. The first-order chi connectivity index (χ1) is 11.4. The minimum Gasteiger partial charge on any atom is -0.389 e. The maximum atomic E-state index is 12.8. The second-order valence-corrected chi connectivity index (χ2v) is 6.80. The molecule has 1 aliphatic rings. The van der Waals surface area contributed by atoms with E-state index in [0.29, 0.717) is 38.1 Å². The number of H-pyrrole nitrogens is 1. The van der Waals surface area contributed by atoms with Crippen LogP contribution in [0.25, 0.3) is 11.0 Å². The summed E-state index contributed by atoms with van der Waals surface area (Å²) in [6, 6.07) is 5.55. The number of aliphatic hydroxyl groups is 1. The SMILES string of the molecule is COCC[C@]1(O)CCN(C(=O)c2ccc3nc(C)[nH]c3c2)C[C@H]1C. The van der Waals surface area contributed by atoms with Gasteiger partial charge in [0, 0.05) is 38.3 Å². The third kappa shape index (κ3) is 3.16. The number of rotatable bonds is 4. The third-order valence-corrected chi connectivity index (χ3v) is 5.10. The molecular weight excluding hydrogens is 306 g/mol. The Morgan fingerprint density at radius 1 is 1.54 bits per heavy atom. The van der Waals surface area contributed by atoms with Crippen LogP contribution in [-0.4, -0.2) is 58.3 Å². The van der Waals surface area contributed by atoms with E-state index in [1.807, 2.05) is 36.9 Å². The summed E-state index contributed by atoms with van der Waals surface area (Å²) in [5, 5.41) is 10.8. The van der Waals surface area contributed by atoms with Crippen LogP contribution in [0.5, 0.6) is 0 Å². The lowest BCUT2D eigenvalue weighted by atomic mass is 9.79. The fourth-order valence-electron chi connectivity index (χ4n) is 3.45. The van der Waals surface area contributed by atoms with Gasteiger partial charge in [-0.15, -0.1) is 0 Å². The molecule has 1 aromatic carbocycles. The maximum absolute atomic E-state index is 12.8. The lowest BCUT2D eigenvalue weighted by Crippen LogP contribution is -2.52. The molecule has 6 heteroatoms. The number of methoxy groups -OCH3 is 1. The van der Waals surface area contributed by atoms with Crippen LogP contribution < -0.4 is 0 Å². The van der Waals surface area contributed by atoms with Crippen LogP contribution in [0.1, 0.15) is 35.9 Å². The number of nitrogens with zero attached hydrogens (tertiary/aromatic N) is 2.